The number of nitrogens with two attached hydrogens (primary N) is 1. The summed E-state index contributed by atoms with van der Waals surface area (Å²) in [5, 5.41) is 14.6. The Kier molecular flexibility index (Phi) is 6.44. The SMILES string of the molecule is CN(C)CCCOc1ccccc1-c1nnc(-n2nc(N3CCCCC3)nc2N)s1. The predicted octanol–water partition coefficient (Wildman–Crippen LogP) is 2.69. The summed E-state index contributed by atoms with van der Waals surface area (Å²) in [6.45, 7) is 3.55. The number of rotatable bonds is 8. The average Bonchev–Trinajstić information content (AvgIpc) is 3.39. The molecule has 0 aliphatic carbocycles. The minimum Gasteiger partial charge on any atom is -0.493 e. The summed E-state index contributed by atoms with van der Waals surface area (Å²) in [6, 6.07) is 7.90. The van der Waals surface area contributed by atoms with E-state index in [2.05, 4.69) is 44.2 Å². The number of nitrogen functional groups attached to an aromatic ring is 1. The first-order chi connectivity index (χ1) is 14.6. The lowest BCUT2D eigenvalue weighted by Crippen LogP contribution is -2.30. The number of ether oxygens (including phenoxy) is 1. The fraction of sp³-hybridized carbons (Fsp3) is 0.500. The molecule has 4 rings (SSSR count). The molecule has 0 saturated carbocycles. The topological polar surface area (TPSA) is 98.2 Å². The quantitative estimate of drug-likeness (QED) is 0.547. The van der Waals surface area contributed by atoms with Gasteiger partial charge in [0.15, 0.2) is 5.01 Å². The van der Waals surface area contributed by atoms with Gasteiger partial charge in [0.2, 0.25) is 17.0 Å². The molecule has 10 heteroatoms. The summed E-state index contributed by atoms with van der Waals surface area (Å²) >= 11 is 1.42. The van der Waals surface area contributed by atoms with Crippen LogP contribution in [0.25, 0.3) is 15.7 Å². The highest BCUT2D eigenvalue weighted by Gasteiger charge is 2.20. The molecule has 0 unspecified atom stereocenters. The van der Waals surface area contributed by atoms with Gasteiger partial charge in [-0.05, 0) is 51.9 Å². The van der Waals surface area contributed by atoms with E-state index < -0.39 is 0 Å². The van der Waals surface area contributed by atoms with Crippen LogP contribution in [-0.2, 0) is 0 Å². The molecule has 9 nitrogen and oxygen atoms in total. The molecule has 3 aromatic rings. The Balaban J connectivity index is 1.52. The van der Waals surface area contributed by atoms with Gasteiger partial charge < -0.3 is 20.3 Å². The Morgan fingerprint density at radius 3 is 2.73 bits per heavy atom. The molecule has 2 N–H and O–H groups in total. The van der Waals surface area contributed by atoms with Gasteiger partial charge in [-0.3, -0.25) is 0 Å². The zero-order chi connectivity index (χ0) is 20.9. The first-order valence-electron chi connectivity index (χ1n) is 10.3. The lowest BCUT2D eigenvalue weighted by Gasteiger charge is -2.24. The van der Waals surface area contributed by atoms with E-state index in [4.69, 9.17) is 10.5 Å². The summed E-state index contributed by atoms with van der Waals surface area (Å²) in [6.07, 6.45) is 4.52. The van der Waals surface area contributed by atoms with Gasteiger partial charge in [-0.25, -0.2) is 0 Å². The van der Waals surface area contributed by atoms with Crippen LogP contribution in [0.3, 0.4) is 0 Å². The number of anilines is 2. The number of piperidine rings is 1. The smallest absolute Gasteiger partial charge is 0.247 e. The molecular weight excluding hydrogens is 400 g/mol. The maximum atomic E-state index is 6.14. The molecule has 1 fully saturated rings. The molecular formula is C20H28N8OS. The summed E-state index contributed by atoms with van der Waals surface area (Å²) < 4.78 is 7.59. The molecule has 0 spiro atoms. The Morgan fingerprint density at radius 2 is 1.93 bits per heavy atom. The fourth-order valence-corrected chi connectivity index (χ4v) is 4.26. The van der Waals surface area contributed by atoms with Crippen molar-refractivity contribution in [2.45, 2.75) is 25.7 Å². The van der Waals surface area contributed by atoms with E-state index in [1.807, 2.05) is 24.3 Å². The lowest BCUT2D eigenvalue weighted by atomic mass is 10.1. The number of aromatic nitrogens is 5. The normalized spacial score (nSPS) is 14.4. The molecule has 0 atom stereocenters. The van der Waals surface area contributed by atoms with Crippen LogP contribution in [0.4, 0.5) is 11.9 Å². The van der Waals surface area contributed by atoms with Crippen LogP contribution in [0.15, 0.2) is 24.3 Å². The third-order valence-corrected chi connectivity index (χ3v) is 5.91. The second kappa shape index (κ2) is 9.40. The Hall–Kier alpha value is -2.72. The first kappa shape index (κ1) is 20.5. The third-order valence-electron chi connectivity index (χ3n) is 4.98. The van der Waals surface area contributed by atoms with Crippen molar-refractivity contribution in [1.82, 2.24) is 29.9 Å². The van der Waals surface area contributed by atoms with Crippen LogP contribution in [0, 0.1) is 0 Å². The molecule has 3 heterocycles. The van der Waals surface area contributed by atoms with Gasteiger partial charge in [0.05, 0.1) is 12.2 Å². The Labute approximate surface area is 180 Å². The molecule has 0 radical (unpaired) electrons. The standard InChI is InChI=1S/C20H28N8OS/c1-26(2)11-8-14-29-16-10-5-4-9-15(16)17-23-24-20(30-17)28-18(21)22-19(25-28)27-12-6-3-7-13-27/h4-5,9-10H,3,6-8,11-14H2,1-2H3,(H2,21,22,25). The van der Waals surface area contributed by atoms with E-state index in [-0.39, 0.29) is 0 Å². The van der Waals surface area contributed by atoms with Crippen molar-refractivity contribution < 1.29 is 4.74 Å². The second-order valence-corrected chi connectivity index (χ2v) is 8.58. The molecule has 0 bridgehead atoms. The van der Waals surface area contributed by atoms with Crippen molar-refractivity contribution in [3.8, 4) is 21.5 Å². The summed E-state index contributed by atoms with van der Waals surface area (Å²) in [7, 11) is 4.12. The van der Waals surface area contributed by atoms with E-state index in [0.717, 1.165) is 55.2 Å². The largest absolute Gasteiger partial charge is 0.493 e. The average molecular weight is 429 g/mol. The van der Waals surface area contributed by atoms with E-state index in [0.29, 0.717) is 23.6 Å². The maximum absolute atomic E-state index is 6.14. The lowest BCUT2D eigenvalue weighted by molar-refractivity contribution is 0.282. The van der Waals surface area contributed by atoms with Crippen LogP contribution in [0.1, 0.15) is 25.7 Å². The van der Waals surface area contributed by atoms with Gasteiger partial charge in [-0.2, -0.15) is 9.67 Å². The number of para-hydroxylation sites is 1. The zero-order valence-electron chi connectivity index (χ0n) is 17.5. The molecule has 1 aromatic carbocycles. The van der Waals surface area contributed by atoms with E-state index in [9.17, 15) is 0 Å². The highest BCUT2D eigenvalue weighted by molar-refractivity contribution is 7.17. The van der Waals surface area contributed by atoms with Crippen LogP contribution in [-0.4, -0.2) is 70.2 Å². The van der Waals surface area contributed by atoms with Crippen LogP contribution >= 0.6 is 11.3 Å². The van der Waals surface area contributed by atoms with Gasteiger partial charge in [0.1, 0.15) is 5.75 Å². The Morgan fingerprint density at radius 1 is 1.13 bits per heavy atom. The van der Waals surface area contributed by atoms with Crippen molar-refractivity contribution in [1.29, 1.82) is 0 Å². The zero-order valence-corrected chi connectivity index (χ0v) is 18.3. The van der Waals surface area contributed by atoms with Gasteiger partial charge in [-0.15, -0.1) is 15.3 Å². The fourth-order valence-electron chi connectivity index (χ4n) is 3.42. The third kappa shape index (κ3) is 4.71. The summed E-state index contributed by atoms with van der Waals surface area (Å²) in [4.78, 5) is 8.76. The van der Waals surface area contributed by atoms with Gasteiger partial charge in [0, 0.05) is 19.6 Å². The van der Waals surface area contributed by atoms with Crippen molar-refractivity contribution in [3.63, 3.8) is 0 Å². The number of benzene rings is 1. The molecule has 2 aromatic heterocycles. The highest BCUT2D eigenvalue weighted by atomic mass is 32.1. The van der Waals surface area contributed by atoms with E-state index in [1.165, 1.54) is 17.8 Å². The van der Waals surface area contributed by atoms with Crippen molar-refractivity contribution >= 4 is 23.2 Å². The second-order valence-electron chi connectivity index (χ2n) is 7.62. The van der Waals surface area contributed by atoms with Gasteiger partial charge in [0.25, 0.3) is 0 Å². The Bertz CT molecular complexity index is 963. The van der Waals surface area contributed by atoms with Crippen molar-refractivity contribution in [2.75, 3.05) is 51.0 Å². The molecule has 30 heavy (non-hydrogen) atoms. The minimum absolute atomic E-state index is 0.325. The minimum atomic E-state index is 0.325. The van der Waals surface area contributed by atoms with Crippen LogP contribution in [0.5, 0.6) is 5.75 Å². The van der Waals surface area contributed by atoms with Crippen molar-refractivity contribution in [3.05, 3.63) is 24.3 Å². The van der Waals surface area contributed by atoms with Crippen LogP contribution < -0.4 is 15.4 Å². The molecule has 0 amide bonds. The van der Waals surface area contributed by atoms with Crippen molar-refractivity contribution in [2.24, 2.45) is 0 Å². The summed E-state index contributed by atoms with van der Waals surface area (Å²) in [5.74, 6) is 1.79. The number of nitrogens with zero attached hydrogens (tertiary/aromatic N) is 7. The van der Waals surface area contributed by atoms with Gasteiger partial charge in [-0.1, -0.05) is 23.5 Å². The number of hydrogen-bond donors (Lipinski definition) is 1. The monoisotopic (exact) mass is 428 g/mol. The molecule has 1 aliphatic rings. The molecule has 1 aliphatic heterocycles. The molecule has 1 saturated heterocycles. The highest BCUT2D eigenvalue weighted by Crippen LogP contribution is 2.33. The van der Waals surface area contributed by atoms with E-state index in [1.54, 1.807) is 4.68 Å². The van der Waals surface area contributed by atoms with Gasteiger partial charge >= 0.3 is 0 Å². The van der Waals surface area contributed by atoms with E-state index >= 15 is 0 Å². The summed E-state index contributed by atoms with van der Waals surface area (Å²) in [5.41, 5.74) is 7.05. The maximum Gasteiger partial charge on any atom is 0.247 e. The number of hydrogen-bond acceptors (Lipinski definition) is 9. The van der Waals surface area contributed by atoms with Crippen LogP contribution in [0.2, 0.25) is 0 Å². The first-order valence-corrected chi connectivity index (χ1v) is 11.1. The predicted molar refractivity (Wildman–Crippen MR) is 119 cm³/mol. The molecule has 160 valence electrons.